The van der Waals surface area contributed by atoms with Crippen molar-refractivity contribution in [2.45, 2.75) is 77.2 Å². The van der Waals surface area contributed by atoms with Gasteiger partial charge >= 0.3 is 18.3 Å². The number of halogens is 1. The quantitative estimate of drug-likeness (QED) is 0.393. The zero-order valence-electron chi connectivity index (χ0n) is 16.8. The third-order valence-electron chi connectivity index (χ3n) is 6.29. The Kier molecular flexibility index (Phi) is 5.68. The molecule has 3 N–H and O–H groups in total. The van der Waals surface area contributed by atoms with Crippen LogP contribution in [-0.4, -0.2) is 47.7 Å². The molecule has 0 saturated heterocycles. The minimum atomic E-state index is -2.07. The Morgan fingerprint density at radius 2 is 1.79 bits per heavy atom. The molecule has 0 aromatic rings. The lowest BCUT2D eigenvalue weighted by Gasteiger charge is -2.33. The molecule has 0 aromatic heterocycles. The molecule has 3 fully saturated rings. The summed E-state index contributed by atoms with van der Waals surface area (Å²) in [6.07, 6.45) is -2.48. The molecule has 1 unspecified atom stereocenters. The van der Waals surface area contributed by atoms with Gasteiger partial charge in [-0.1, -0.05) is 13.8 Å². The average Bonchev–Trinajstić information content (AvgIpc) is 3.24. The number of alkyl halides is 1. The molecule has 3 aliphatic carbocycles. The normalized spacial score (nSPS) is 36.4. The first-order chi connectivity index (χ1) is 13.4. The number of carbonyl (C=O) groups is 3. The molecule has 0 aliphatic heterocycles. The first-order valence-corrected chi connectivity index (χ1v) is 9.85. The molecule has 0 radical (unpaired) electrons. The molecule has 0 amide bonds. The van der Waals surface area contributed by atoms with Crippen LogP contribution in [0.4, 0.5) is 14.0 Å². The molecule has 0 bridgehead atoms. The summed E-state index contributed by atoms with van der Waals surface area (Å²) < 4.78 is 33.9. The smallest absolute Gasteiger partial charge is 0.450 e. The van der Waals surface area contributed by atoms with Gasteiger partial charge in [-0.2, -0.15) is 0 Å². The van der Waals surface area contributed by atoms with Gasteiger partial charge in [-0.25, -0.2) is 14.0 Å². The Labute approximate surface area is 168 Å². The highest BCUT2D eigenvalue weighted by Crippen LogP contribution is 2.63. The lowest BCUT2D eigenvalue weighted by atomic mass is 9.76. The Morgan fingerprint density at radius 1 is 1.17 bits per heavy atom. The van der Waals surface area contributed by atoms with Gasteiger partial charge in [0.05, 0.1) is 5.92 Å². The predicted octanol–water partition coefficient (Wildman–Crippen LogP) is 2.95. The molecule has 0 heterocycles. The van der Waals surface area contributed by atoms with Gasteiger partial charge in [0.1, 0.15) is 6.10 Å². The van der Waals surface area contributed by atoms with Gasteiger partial charge in [0.2, 0.25) is 12.0 Å². The summed E-state index contributed by atoms with van der Waals surface area (Å²) in [6, 6.07) is 0. The summed E-state index contributed by atoms with van der Waals surface area (Å²) in [5.41, 5.74) is 3.92. The molecule has 0 aromatic carbocycles. The Bertz CT molecular complexity index is 675. The molecule has 164 valence electrons. The predicted molar refractivity (Wildman–Crippen MR) is 95.2 cm³/mol. The number of rotatable bonds is 5. The first-order valence-electron chi connectivity index (χ1n) is 9.85. The minimum Gasteiger partial charge on any atom is -0.450 e. The van der Waals surface area contributed by atoms with Crippen molar-refractivity contribution in [2.75, 3.05) is 0 Å². The van der Waals surface area contributed by atoms with Crippen molar-refractivity contribution < 1.29 is 42.8 Å². The number of hydrogen-bond acceptors (Lipinski definition) is 8. The van der Waals surface area contributed by atoms with Crippen molar-refractivity contribution in [3.05, 3.63) is 0 Å². The van der Waals surface area contributed by atoms with Crippen molar-refractivity contribution in [3.8, 4) is 0 Å². The largest absolute Gasteiger partial charge is 0.511 e. The van der Waals surface area contributed by atoms with Crippen molar-refractivity contribution >= 4 is 18.3 Å². The van der Waals surface area contributed by atoms with Crippen LogP contribution in [0.1, 0.15) is 52.9 Å². The molecule has 29 heavy (non-hydrogen) atoms. The molecule has 0 spiro atoms. The van der Waals surface area contributed by atoms with E-state index in [-0.39, 0.29) is 17.9 Å². The maximum absolute atomic E-state index is 14.0. The Morgan fingerprint density at radius 3 is 2.38 bits per heavy atom. The zero-order chi connectivity index (χ0) is 21.6. The van der Waals surface area contributed by atoms with Crippen LogP contribution in [0.2, 0.25) is 0 Å². The van der Waals surface area contributed by atoms with E-state index in [0.29, 0.717) is 0 Å². The third kappa shape index (κ3) is 4.57. The van der Waals surface area contributed by atoms with Crippen molar-refractivity contribution in [1.82, 2.24) is 0 Å². The molecule has 9 nitrogen and oxygen atoms in total. The summed E-state index contributed by atoms with van der Waals surface area (Å²) in [7, 11) is 0. The zero-order valence-corrected chi connectivity index (χ0v) is 16.8. The van der Waals surface area contributed by atoms with E-state index in [1.54, 1.807) is 0 Å². The van der Waals surface area contributed by atoms with Crippen LogP contribution in [-0.2, 0) is 23.7 Å². The first kappa shape index (κ1) is 21.6. The van der Waals surface area contributed by atoms with Gasteiger partial charge in [-0.15, -0.1) is 0 Å². The highest BCUT2D eigenvalue weighted by molar-refractivity contribution is 5.78. The van der Waals surface area contributed by atoms with Crippen LogP contribution >= 0.6 is 0 Å². The lowest BCUT2D eigenvalue weighted by Crippen LogP contribution is -2.53. The number of hydrogen-bond donors (Lipinski definition) is 2. The topological polar surface area (TPSA) is 134 Å². The van der Waals surface area contributed by atoms with Gasteiger partial charge in [-0.05, 0) is 43.4 Å². The monoisotopic (exact) mass is 417 g/mol. The van der Waals surface area contributed by atoms with Crippen molar-refractivity contribution in [3.63, 3.8) is 0 Å². The van der Waals surface area contributed by atoms with Crippen molar-refractivity contribution in [1.29, 1.82) is 0 Å². The highest BCUT2D eigenvalue weighted by atomic mass is 19.1. The standard InChI is InChI=1S/C19H28FNO8/c1-9(27-17(25)28-10-4-6-18(2,3)7-5-10)26-15(22)13-11-8-12(20)19(21,14(11)13)29-16(23)24/h9-14H,4-8,21H2,1-3H3,(H,23,24)/t9?,11-,12-,13-,14-,19+/m0/s1. The minimum absolute atomic E-state index is 0.0937. The van der Waals surface area contributed by atoms with Crippen LogP contribution in [0.25, 0.3) is 0 Å². The fourth-order valence-corrected chi connectivity index (χ4v) is 4.58. The molecule has 6 atom stereocenters. The van der Waals surface area contributed by atoms with E-state index in [4.69, 9.17) is 25.1 Å². The van der Waals surface area contributed by atoms with Gasteiger partial charge in [0, 0.05) is 12.8 Å². The van der Waals surface area contributed by atoms with Gasteiger partial charge in [0.25, 0.3) is 0 Å². The van der Waals surface area contributed by atoms with E-state index in [1.807, 2.05) is 0 Å². The average molecular weight is 417 g/mol. The van der Waals surface area contributed by atoms with E-state index in [9.17, 15) is 18.8 Å². The molecule has 10 heteroatoms. The van der Waals surface area contributed by atoms with Crippen LogP contribution in [0.5, 0.6) is 0 Å². The highest BCUT2D eigenvalue weighted by Gasteiger charge is 2.74. The molecule has 3 saturated carbocycles. The second-order valence-electron chi connectivity index (χ2n) is 8.99. The summed E-state index contributed by atoms with van der Waals surface area (Å²) in [4.78, 5) is 35.0. The van der Waals surface area contributed by atoms with Crippen molar-refractivity contribution in [2.24, 2.45) is 28.9 Å². The van der Waals surface area contributed by atoms with Gasteiger partial charge in [0.15, 0.2) is 6.17 Å². The maximum Gasteiger partial charge on any atom is 0.511 e. The second kappa shape index (κ2) is 7.62. The number of carboxylic acid groups (broad SMARTS) is 1. The number of esters is 1. The molecule has 3 rings (SSSR count). The van der Waals surface area contributed by atoms with Gasteiger partial charge in [-0.3, -0.25) is 10.5 Å². The Balaban J connectivity index is 1.44. The number of nitrogens with two attached hydrogens (primary N) is 1. The van der Waals surface area contributed by atoms with E-state index in [1.165, 1.54) is 6.92 Å². The summed E-state index contributed by atoms with van der Waals surface area (Å²) >= 11 is 0. The summed E-state index contributed by atoms with van der Waals surface area (Å²) in [5, 5.41) is 8.77. The molecular formula is C19H28FNO8. The van der Waals surface area contributed by atoms with E-state index in [2.05, 4.69) is 18.6 Å². The number of ether oxygens (including phenoxy) is 4. The number of fused-ring (bicyclic) bond motifs is 1. The van der Waals surface area contributed by atoms with Crippen LogP contribution in [0, 0.1) is 23.2 Å². The molecule has 3 aliphatic rings. The Hall–Kier alpha value is -2.10. The fraction of sp³-hybridized carbons (Fsp3) is 0.842. The lowest BCUT2D eigenvalue weighted by molar-refractivity contribution is -0.173. The SMILES string of the molecule is CC(OC(=O)OC1CCC(C)(C)CC1)OC(=O)[C@H]1[C@@H]2C[C@H](F)[C@@](N)(OC(=O)O)[C@@H]21. The summed E-state index contributed by atoms with van der Waals surface area (Å²) in [5.74, 6) is -2.80. The summed E-state index contributed by atoms with van der Waals surface area (Å²) in [6.45, 7) is 5.70. The maximum atomic E-state index is 14.0. The van der Waals surface area contributed by atoms with E-state index in [0.717, 1.165) is 25.7 Å². The van der Waals surface area contributed by atoms with E-state index >= 15 is 0 Å². The fourth-order valence-electron chi connectivity index (χ4n) is 4.58. The third-order valence-corrected chi connectivity index (χ3v) is 6.29. The van der Waals surface area contributed by atoms with Gasteiger partial charge < -0.3 is 24.1 Å². The van der Waals surface area contributed by atoms with Crippen LogP contribution in [0.3, 0.4) is 0 Å². The number of carbonyl (C=O) groups excluding carboxylic acids is 2. The molecular weight excluding hydrogens is 389 g/mol. The van der Waals surface area contributed by atoms with Crippen LogP contribution in [0.15, 0.2) is 0 Å². The van der Waals surface area contributed by atoms with E-state index < -0.39 is 54.2 Å². The van der Waals surface area contributed by atoms with Crippen LogP contribution < -0.4 is 5.73 Å². The second-order valence-corrected chi connectivity index (χ2v) is 8.99.